The van der Waals surface area contributed by atoms with Crippen LogP contribution in [0, 0.1) is 3.57 Å². The number of carbonyl (C=O) groups excluding carboxylic acids is 1. The Labute approximate surface area is 120 Å². The van der Waals surface area contributed by atoms with E-state index in [9.17, 15) is 18.0 Å². The lowest BCUT2D eigenvalue weighted by molar-refractivity contribution is -0.126. The number of hydrogen-bond donors (Lipinski definition) is 2. The number of anilines is 1. The summed E-state index contributed by atoms with van der Waals surface area (Å²) in [5, 5.41) is 5.02. The summed E-state index contributed by atoms with van der Waals surface area (Å²) in [6.07, 6.45) is -4.32. The Bertz CT molecular complexity index is 440. The van der Waals surface area contributed by atoms with E-state index in [0.717, 1.165) is 0 Å². The maximum absolute atomic E-state index is 11.8. The number of benzene rings is 1. The highest BCUT2D eigenvalue weighted by Gasteiger charge is 2.26. The van der Waals surface area contributed by atoms with Crippen LogP contribution in [0.4, 0.5) is 18.9 Å². The third kappa shape index (κ3) is 5.87. The van der Waals surface area contributed by atoms with Crippen molar-refractivity contribution in [3.8, 4) is 0 Å². The van der Waals surface area contributed by atoms with Gasteiger partial charge < -0.3 is 10.6 Å². The first-order valence-electron chi connectivity index (χ1n) is 4.80. The predicted octanol–water partition coefficient (Wildman–Crippen LogP) is 3.04. The van der Waals surface area contributed by atoms with Gasteiger partial charge in [-0.3, -0.25) is 4.79 Å². The minimum Gasteiger partial charge on any atom is -0.324 e. The molecule has 0 radical (unpaired) electrons. The molecular weight excluding hydrogens is 383 g/mol. The highest BCUT2D eigenvalue weighted by molar-refractivity contribution is 14.1. The molecule has 1 aromatic carbocycles. The van der Waals surface area contributed by atoms with E-state index in [2.05, 4.69) is 5.32 Å². The van der Waals surface area contributed by atoms with Gasteiger partial charge in [0.25, 0.3) is 0 Å². The zero-order chi connectivity index (χ0) is 13.8. The Balaban J connectivity index is 2.45. The minimum absolute atomic E-state index is 0.405. The number of carbonyl (C=O) groups is 1. The summed E-state index contributed by atoms with van der Waals surface area (Å²) in [6, 6.07) is 4.81. The molecule has 1 rings (SSSR count). The van der Waals surface area contributed by atoms with Crippen molar-refractivity contribution in [3.05, 3.63) is 26.8 Å². The molecule has 8 heteroatoms. The number of hydrogen-bond acceptors (Lipinski definition) is 2. The highest BCUT2D eigenvalue weighted by Crippen LogP contribution is 2.22. The fourth-order valence-electron chi connectivity index (χ4n) is 1.10. The van der Waals surface area contributed by atoms with Crippen molar-refractivity contribution in [2.45, 2.75) is 6.18 Å². The molecule has 0 atom stereocenters. The molecule has 1 amide bonds. The molecule has 18 heavy (non-hydrogen) atoms. The average Bonchev–Trinajstić information content (AvgIpc) is 2.20. The Morgan fingerprint density at radius 1 is 1.39 bits per heavy atom. The lowest BCUT2D eigenvalue weighted by Crippen LogP contribution is -2.35. The van der Waals surface area contributed by atoms with Crippen molar-refractivity contribution in [1.29, 1.82) is 0 Å². The molecule has 0 fully saturated rings. The van der Waals surface area contributed by atoms with Gasteiger partial charge in [0.15, 0.2) is 0 Å². The van der Waals surface area contributed by atoms with Gasteiger partial charge in [-0.15, -0.1) is 0 Å². The fraction of sp³-hybridized carbons (Fsp3) is 0.300. The van der Waals surface area contributed by atoms with Crippen LogP contribution in [0.1, 0.15) is 0 Å². The van der Waals surface area contributed by atoms with Gasteiger partial charge in [-0.25, -0.2) is 0 Å². The summed E-state index contributed by atoms with van der Waals surface area (Å²) < 4.78 is 36.2. The molecule has 0 saturated heterocycles. The van der Waals surface area contributed by atoms with Gasteiger partial charge in [0.1, 0.15) is 0 Å². The number of amides is 1. The summed E-state index contributed by atoms with van der Waals surface area (Å²) >= 11 is 7.70. The second kappa shape index (κ2) is 6.58. The van der Waals surface area contributed by atoms with E-state index in [4.69, 9.17) is 11.6 Å². The van der Waals surface area contributed by atoms with Crippen molar-refractivity contribution in [2.75, 3.05) is 18.4 Å². The number of alkyl halides is 3. The molecule has 0 aliphatic rings. The van der Waals surface area contributed by atoms with E-state index >= 15 is 0 Å². The topological polar surface area (TPSA) is 41.1 Å². The SMILES string of the molecule is O=C(CNCC(F)(F)F)Nc1ccc(Cl)cc1I. The van der Waals surface area contributed by atoms with Crippen molar-refractivity contribution in [3.63, 3.8) is 0 Å². The highest BCUT2D eigenvalue weighted by atomic mass is 127. The Hall–Kier alpha value is -0.540. The normalized spacial score (nSPS) is 11.4. The van der Waals surface area contributed by atoms with Gasteiger partial charge in [-0.1, -0.05) is 11.6 Å². The molecule has 0 aliphatic heterocycles. The van der Waals surface area contributed by atoms with Crippen LogP contribution in [0.5, 0.6) is 0 Å². The molecule has 0 aliphatic carbocycles. The number of rotatable bonds is 4. The molecule has 3 nitrogen and oxygen atoms in total. The first kappa shape index (κ1) is 15.5. The quantitative estimate of drug-likeness (QED) is 0.774. The first-order chi connectivity index (χ1) is 8.28. The van der Waals surface area contributed by atoms with Crippen molar-refractivity contribution in [1.82, 2.24) is 5.32 Å². The van der Waals surface area contributed by atoms with Crippen LogP contribution in [-0.4, -0.2) is 25.2 Å². The van der Waals surface area contributed by atoms with Gasteiger partial charge in [-0.05, 0) is 40.8 Å². The molecule has 0 unspecified atom stereocenters. The smallest absolute Gasteiger partial charge is 0.324 e. The summed E-state index contributed by atoms with van der Waals surface area (Å²) in [5.41, 5.74) is 0.513. The second-order valence-corrected chi connectivity index (χ2v) is 4.99. The van der Waals surface area contributed by atoms with Crippen LogP contribution in [0.2, 0.25) is 5.02 Å². The minimum atomic E-state index is -4.32. The molecular formula is C10H9ClF3IN2O. The van der Waals surface area contributed by atoms with E-state index < -0.39 is 25.2 Å². The molecule has 100 valence electrons. The van der Waals surface area contributed by atoms with Gasteiger partial charge in [0, 0.05) is 8.59 Å². The lowest BCUT2D eigenvalue weighted by Gasteiger charge is -2.10. The van der Waals surface area contributed by atoms with Crippen LogP contribution >= 0.6 is 34.2 Å². The van der Waals surface area contributed by atoms with Crippen LogP contribution in [0.15, 0.2) is 18.2 Å². The summed E-state index contributed by atoms with van der Waals surface area (Å²) in [7, 11) is 0. The third-order valence-corrected chi connectivity index (χ3v) is 2.94. The van der Waals surface area contributed by atoms with Gasteiger partial charge in [0.05, 0.1) is 18.8 Å². The van der Waals surface area contributed by atoms with Crippen LogP contribution in [-0.2, 0) is 4.79 Å². The molecule has 0 heterocycles. The van der Waals surface area contributed by atoms with E-state index in [0.29, 0.717) is 14.3 Å². The lowest BCUT2D eigenvalue weighted by atomic mass is 10.3. The fourth-order valence-corrected chi connectivity index (χ4v) is 2.11. The Morgan fingerprint density at radius 2 is 2.06 bits per heavy atom. The molecule has 2 N–H and O–H groups in total. The Morgan fingerprint density at radius 3 is 2.61 bits per heavy atom. The van der Waals surface area contributed by atoms with Crippen LogP contribution < -0.4 is 10.6 Å². The summed E-state index contributed by atoms with van der Waals surface area (Å²) in [4.78, 5) is 11.4. The molecule has 0 saturated carbocycles. The zero-order valence-corrected chi connectivity index (χ0v) is 11.9. The van der Waals surface area contributed by atoms with E-state index in [1.807, 2.05) is 27.9 Å². The molecule has 1 aromatic rings. The zero-order valence-electron chi connectivity index (χ0n) is 8.94. The maximum Gasteiger partial charge on any atom is 0.401 e. The summed E-state index contributed by atoms with van der Waals surface area (Å²) in [6.45, 7) is -1.60. The predicted molar refractivity (Wildman–Crippen MR) is 71.7 cm³/mol. The van der Waals surface area contributed by atoms with Crippen LogP contribution in [0.25, 0.3) is 0 Å². The van der Waals surface area contributed by atoms with Gasteiger partial charge in [0.2, 0.25) is 5.91 Å². The number of nitrogens with one attached hydrogen (secondary N) is 2. The average molecular weight is 393 g/mol. The van der Waals surface area contributed by atoms with Crippen LogP contribution in [0.3, 0.4) is 0 Å². The van der Waals surface area contributed by atoms with Gasteiger partial charge in [-0.2, -0.15) is 13.2 Å². The van der Waals surface area contributed by atoms with Gasteiger partial charge >= 0.3 is 6.18 Å². The van der Waals surface area contributed by atoms with E-state index in [1.54, 1.807) is 18.2 Å². The molecule has 0 bridgehead atoms. The monoisotopic (exact) mass is 392 g/mol. The molecule has 0 spiro atoms. The third-order valence-electron chi connectivity index (χ3n) is 1.82. The van der Waals surface area contributed by atoms with Crippen molar-refractivity contribution >= 4 is 45.8 Å². The second-order valence-electron chi connectivity index (χ2n) is 3.39. The first-order valence-corrected chi connectivity index (χ1v) is 6.26. The summed E-state index contributed by atoms with van der Waals surface area (Å²) in [5.74, 6) is -0.542. The molecule has 0 aromatic heterocycles. The largest absolute Gasteiger partial charge is 0.401 e. The number of halogens is 5. The van der Waals surface area contributed by atoms with Crippen molar-refractivity contribution in [2.24, 2.45) is 0 Å². The van der Waals surface area contributed by atoms with E-state index in [-0.39, 0.29) is 0 Å². The maximum atomic E-state index is 11.8. The Kier molecular flexibility index (Phi) is 5.67. The standard InChI is InChI=1S/C10H9ClF3IN2O/c11-6-1-2-8(7(15)3-6)17-9(18)4-16-5-10(12,13)14/h1-3,16H,4-5H2,(H,17,18). The van der Waals surface area contributed by atoms with Crippen molar-refractivity contribution < 1.29 is 18.0 Å². The van der Waals surface area contributed by atoms with E-state index in [1.165, 1.54) is 0 Å².